The number of aliphatic hydroxyl groups is 2. The van der Waals surface area contributed by atoms with Crippen LogP contribution in [0.2, 0.25) is 0 Å². The molecule has 0 saturated heterocycles. The molecule has 3 N–H and O–H groups in total. The molecular weight excluding hydrogens is 438 g/mol. The molecule has 0 saturated carbocycles. The summed E-state index contributed by atoms with van der Waals surface area (Å²) < 4.78 is 0. The van der Waals surface area contributed by atoms with Gasteiger partial charge in [0.1, 0.15) is 0 Å². The second-order valence-electron chi connectivity index (χ2n) is 9.11. The summed E-state index contributed by atoms with van der Waals surface area (Å²) in [5.41, 5.74) is 1.07. The molecular formula is C25H29N3O6. The van der Waals surface area contributed by atoms with Crippen LogP contribution in [0.3, 0.4) is 0 Å². The van der Waals surface area contributed by atoms with Gasteiger partial charge < -0.3 is 15.5 Å². The van der Waals surface area contributed by atoms with E-state index in [1.807, 2.05) is 13.8 Å². The lowest BCUT2D eigenvalue weighted by Crippen LogP contribution is -2.49. The summed E-state index contributed by atoms with van der Waals surface area (Å²) in [5, 5.41) is 22.4. The number of aliphatic hydroxyl groups excluding tert-OH is 2. The molecule has 2 aliphatic rings. The first-order chi connectivity index (χ1) is 16.3. The average Bonchev–Trinajstić information content (AvgIpc) is 2.81. The van der Waals surface area contributed by atoms with Crippen LogP contribution < -0.4 is 5.32 Å². The molecule has 0 spiro atoms. The number of benzene rings is 2. The van der Waals surface area contributed by atoms with E-state index in [1.54, 1.807) is 12.1 Å². The molecule has 9 heteroatoms. The highest BCUT2D eigenvalue weighted by Gasteiger charge is 2.41. The summed E-state index contributed by atoms with van der Waals surface area (Å²) >= 11 is 0. The Morgan fingerprint density at radius 1 is 0.794 bits per heavy atom. The van der Waals surface area contributed by atoms with E-state index in [2.05, 4.69) is 5.32 Å². The first-order valence-corrected chi connectivity index (χ1v) is 11.6. The van der Waals surface area contributed by atoms with E-state index in [1.165, 1.54) is 17.0 Å². The molecule has 1 atom stereocenters. The zero-order chi connectivity index (χ0) is 24.6. The van der Waals surface area contributed by atoms with E-state index < -0.39 is 29.7 Å². The molecule has 0 fully saturated rings. The monoisotopic (exact) mass is 467 g/mol. The topological polar surface area (TPSA) is 127 Å². The zero-order valence-electron chi connectivity index (χ0n) is 19.3. The summed E-state index contributed by atoms with van der Waals surface area (Å²) in [6.07, 6.45) is 0.984. The highest BCUT2D eigenvalue weighted by atomic mass is 16.3. The molecule has 180 valence electrons. The molecule has 1 unspecified atom stereocenters. The van der Waals surface area contributed by atoms with E-state index in [9.17, 15) is 24.3 Å². The number of hydrogen-bond acceptors (Lipinski definition) is 7. The number of nitrogens with zero attached hydrogens (tertiary/aromatic N) is 2. The van der Waals surface area contributed by atoms with Gasteiger partial charge in [-0.1, -0.05) is 13.8 Å². The van der Waals surface area contributed by atoms with Gasteiger partial charge in [0, 0.05) is 46.1 Å². The summed E-state index contributed by atoms with van der Waals surface area (Å²) in [6.45, 7) is 4.75. The lowest BCUT2D eigenvalue weighted by molar-refractivity contribution is 0.0442. The molecule has 2 aromatic carbocycles. The van der Waals surface area contributed by atoms with Gasteiger partial charge in [-0.3, -0.25) is 29.0 Å². The molecule has 2 aromatic rings. The smallest absolute Gasteiger partial charge is 0.261 e. The molecule has 2 heterocycles. The number of imide groups is 2. The van der Waals surface area contributed by atoms with Crippen LogP contribution in [0.4, 0.5) is 0 Å². The first kappa shape index (κ1) is 24.0. The fraction of sp³-hybridized carbons (Fsp3) is 0.440. The Kier molecular flexibility index (Phi) is 6.79. The molecule has 4 amide bonds. The van der Waals surface area contributed by atoms with Crippen LogP contribution in [0.1, 0.15) is 68.1 Å². The maximum absolute atomic E-state index is 13.4. The molecule has 0 bridgehead atoms. The largest absolute Gasteiger partial charge is 0.395 e. The quantitative estimate of drug-likeness (QED) is 0.356. The van der Waals surface area contributed by atoms with Crippen molar-refractivity contribution in [1.82, 2.24) is 15.1 Å². The fourth-order valence-corrected chi connectivity index (χ4v) is 4.85. The fourth-order valence-electron chi connectivity index (χ4n) is 4.85. The standard InChI is InChI=1S/C25H29N3O6/c1-14(2)12-15(13-30)28-24(33)18-6-4-16-20-17(5-7-19(21(18)20)25(28)34)23(32)27(22(16)31)10-3-8-26-9-11-29/h4-7,14-15,26,29-30H,3,8-13H2,1-2H3. The van der Waals surface area contributed by atoms with Crippen molar-refractivity contribution in [1.29, 1.82) is 0 Å². The van der Waals surface area contributed by atoms with Gasteiger partial charge in [-0.15, -0.1) is 0 Å². The lowest BCUT2D eigenvalue weighted by Gasteiger charge is -2.35. The second-order valence-corrected chi connectivity index (χ2v) is 9.11. The summed E-state index contributed by atoms with van der Waals surface area (Å²) in [4.78, 5) is 55.4. The van der Waals surface area contributed by atoms with Crippen molar-refractivity contribution in [2.45, 2.75) is 32.7 Å². The van der Waals surface area contributed by atoms with Crippen molar-refractivity contribution in [2.75, 3.05) is 32.8 Å². The number of nitrogens with one attached hydrogen (secondary N) is 1. The summed E-state index contributed by atoms with van der Waals surface area (Å²) in [6, 6.07) is 5.49. The number of carbonyl (C=O) groups is 4. The van der Waals surface area contributed by atoms with Crippen LogP contribution in [0.5, 0.6) is 0 Å². The summed E-state index contributed by atoms with van der Waals surface area (Å²) in [5.74, 6) is -1.82. The van der Waals surface area contributed by atoms with Gasteiger partial charge in [0.2, 0.25) is 0 Å². The molecule has 9 nitrogen and oxygen atoms in total. The van der Waals surface area contributed by atoms with Crippen molar-refractivity contribution < 1.29 is 29.4 Å². The van der Waals surface area contributed by atoms with E-state index in [-0.39, 0.29) is 47.9 Å². The van der Waals surface area contributed by atoms with Gasteiger partial charge in [0.25, 0.3) is 23.6 Å². The third kappa shape index (κ3) is 3.89. The molecule has 2 aliphatic heterocycles. The van der Waals surface area contributed by atoms with Crippen LogP contribution in [-0.4, -0.2) is 82.5 Å². The molecule has 0 radical (unpaired) electrons. The van der Waals surface area contributed by atoms with Crippen LogP contribution in [0.15, 0.2) is 24.3 Å². The normalized spacial score (nSPS) is 16.3. The maximum Gasteiger partial charge on any atom is 0.261 e. The number of amides is 4. The Balaban J connectivity index is 1.74. The highest BCUT2D eigenvalue weighted by Crippen LogP contribution is 2.38. The number of rotatable bonds is 10. The van der Waals surface area contributed by atoms with Gasteiger partial charge in [-0.25, -0.2) is 0 Å². The minimum atomic E-state index is -0.659. The van der Waals surface area contributed by atoms with E-state index in [4.69, 9.17) is 5.11 Å². The number of hydrogen-bond donors (Lipinski definition) is 3. The van der Waals surface area contributed by atoms with Crippen molar-refractivity contribution in [2.24, 2.45) is 5.92 Å². The van der Waals surface area contributed by atoms with Crippen LogP contribution >= 0.6 is 0 Å². The minimum Gasteiger partial charge on any atom is -0.395 e. The molecule has 0 aromatic heterocycles. The average molecular weight is 468 g/mol. The van der Waals surface area contributed by atoms with Crippen molar-refractivity contribution in [3.63, 3.8) is 0 Å². The Morgan fingerprint density at radius 2 is 1.29 bits per heavy atom. The van der Waals surface area contributed by atoms with Gasteiger partial charge in [-0.05, 0) is 49.6 Å². The van der Waals surface area contributed by atoms with E-state index in [0.29, 0.717) is 36.7 Å². The Hall–Kier alpha value is -3.14. The zero-order valence-corrected chi connectivity index (χ0v) is 19.3. The van der Waals surface area contributed by atoms with Gasteiger partial charge in [0.05, 0.1) is 19.3 Å². The second kappa shape index (κ2) is 9.61. The van der Waals surface area contributed by atoms with E-state index >= 15 is 0 Å². The van der Waals surface area contributed by atoms with Crippen LogP contribution in [0, 0.1) is 5.92 Å². The van der Waals surface area contributed by atoms with Gasteiger partial charge >= 0.3 is 0 Å². The third-order valence-electron chi connectivity index (χ3n) is 6.35. The predicted octanol–water partition coefficient (Wildman–Crippen LogP) is 1.41. The Labute approximate surface area is 197 Å². The SMILES string of the molecule is CC(C)CC(CO)N1C(=O)c2ccc3c4c(ccc(c24)C1=O)C(=O)N(CCCNCCO)C3=O. The molecule has 0 aliphatic carbocycles. The highest BCUT2D eigenvalue weighted by molar-refractivity contribution is 6.33. The van der Waals surface area contributed by atoms with Crippen LogP contribution in [0.25, 0.3) is 10.8 Å². The van der Waals surface area contributed by atoms with Crippen molar-refractivity contribution >= 4 is 34.4 Å². The molecule has 4 rings (SSSR count). The van der Waals surface area contributed by atoms with Crippen molar-refractivity contribution in [3.8, 4) is 0 Å². The minimum absolute atomic E-state index is 0.00695. The maximum atomic E-state index is 13.4. The first-order valence-electron chi connectivity index (χ1n) is 11.6. The number of carbonyl (C=O) groups excluding carboxylic acids is 4. The van der Waals surface area contributed by atoms with Crippen LogP contribution in [-0.2, 0) is 0 Å². The lowest BCUT2D eigenvalue weighted by atomic mass is 9.85. The van der Waals surface area contributed by atoms with Crippen molar-refractivity contribution in [3.05, 3.63) is 46.5 Å². The Morgan fingerprint density at radius 3 is 1.74 bits per heavy atom. The predicted molar refractivity (Wildman–Crippen MR) is 125 cm³/mol. The third-order valence-corrected chi connectivity index (χ3v) is 6.35. The molecule has 34 heavy (non-hydrogen) atoms. The summed E-state index contributed by atoms with van der Waals surface area (Å²) in [7, 11) is 0. The Bertz CT molecular complexity index is 1100. The van der Waals surface area contributed by atoms with Gasteiger partial charge in [0.15, 0.2) is 0 Å². The van der Waals surface area contributed by atoms with Gasteiger partial charge in [-0.2, -0.15) is 0 Å². The van der Waals surface area contributed by atoms with E-state index in [0.717, 1.165) is 4.90 Å².